The highest BCUT2D eigenvalue weighted by Crippen LogP contribution is 2.50. The van der Waals surface area contributed by atoms with Gasteiger partial charge in [0.2, 0.25) is 5.91 Å². The third kappa shape index (κ3) is 4.45. The lowest BCUT2D eigenvalue weighted by atomic mass is 9.92. The van der Waals surface area contributed by atoms with Gasteiger partial charge in [-0.3, -0.25) is 9.69 Å². The van der Waals surface area contributed by atoms with Crippen LogP contribution >= 0.6 is 0 Å². The van der Waals surface area contributed by atoms with E-state index in [0.29, 0.717) is 5.92 Å². The van der Waals surface area contributed by atoms with Crippen LogP contribution in [-0.4, -0.2) is 64.8 Å². The maximum atomic E-state index is 13.5. The first kappa shape index (κ1) is 23.5. The van der Waals surface area contributed by atoms with E-state index in [1.54, 1.807) is 18.9 Å². The number of fused-ring (bicyclic) bond motifs is 1. The summed E-state index contributed by atoms with van der Waals surface area (Å²) in [7, 11) is 1.55. The van der Waals surface area contributed by atoms with Crippen LogP contribution in [0.15, 0.2) is 30.3 Å². The number of carbonyl (C=O) groups excluding carboxylic acids is 3. The highest BCUT2D eigenvalue weighted by molar-refractivity contribution is 5.95. The van der Waals surface area contributed by atoms with E-state index in [0.717, 1.165) is 18.4 Å². The Balaban J connectivity index is 1.51. The number of imide groups is 1. The minimum Gasteiger partial charge on any atom is -0.444 e. The molecule has 7 atom stereocenters. The minimum absolute atomic E-state index is 0.128. The number of methoxy groups -OCH3 is 1. The van der Waals surface area contributed by atoms with Crippen molar-refractivity contribution in [1.29, 1.82) is 0 Å². The molecule has 8 heteroatoms. The lowest BCUT2D eigenvalue weighted by Gasteiger charge is -2.37. The zero-order valence-corrected chi connectivity index (χ0v) is 20.2. The second-order valence-electron chi connectivity index (χ2n) is 10.4. The fourth-order valence-corrected chi connectivity index (χ4v) is 5.27. The maximum absolute atomic E-state index is 13.5. The van der Waals surface area contributed by atoms with Crippen molar-refractivity contribution in [3.63, 3.8) is 0 Å². The summed E-state index contributed by atoms with van der Waals surface area (Å²) in [6.45, 7) is 9.08. The molecule has 33 heavy (non-hydrogen) atoms. The highest BCUT2D eigenvalue weighted by atomic mass is 16.6. The van der Waals surface area contributed by atoms with Gasteiger partial charge in [0.1, 0.15) is 11.7 Å². The fraction of sp³-hybridized carbons (Fsp3) is 0.640. The third-order valence-corrected chi connectivity index (χ3v) is 6.92. The molecule has 0 N–H and O–H groups in total. The van der Waals surface area contributed by atoms with Gasteiger partial charge in [-0.25, -0.2) is 14.5 Å². The van der Waals surface area contributed by atoms with Crippen molar-refractivity contribution < 1.29 is 28.6 Å². The normalized spacial score (nSPS) is 30.5. The summed E-state index contributed by atoms with van der Waals surface area (Å²) >= 11 is 0. The second-order valence-corrected chi connectivity index (χ2v) is 10.4. The zero-order chi connectivity index (χ0) is 24.1. The lowest BCUT2D eigenvalue weighted by molar-refractivity contribution is -0.139. The number of benzene rings is 1. The van der Waals surface area contributed by atoms with Crippen molar-refractivity contribution in [2.24, 2.45) is 11.8 Å². The van der Waals surface area contributed by atoms with E-state index < -0.39 is 35.9 Å². The Morgan fingerprint density at radius 3 is 2.42 bits per heavy atom. The van der Waals surface area contributed by atoms with Crippen LogP contribution in [0.3, 0.4) is 0 Å². The van der Waals surface area contributed by atoms with E-state index in [1.165, 1.54) is 4.90 Å². The quantitative estimate of drug-likeness (QED) is 0.659. The monoisotopic (exact) mass is 458 g/mol. The molecule has 3 aliphatic rings. The van der Waals surface area contributed by atoms with Gasteiger partial charge in [-0.15, -0.1) is 0 Å². The first-order valence-corrected chi connectivity index (χ1v) is 11.7. The van der Waals surface area contributed by atoms with Crippen LogP contribution in [0.4, 0.5) is 9.59 Å². The Hall–Kier alpha value is -2.61. The number of ether oxygens (including phenoxy) is 3. The third-order valence-electron chi connectivity index (χ3n) is 6.92. The number of amides is 3. The average molecular weight is 459 g/mol. The molecule has 2 heterocycles. The van der Waals surface area contributed by atoms with Gasteiger partial charge in [0.05, 0.1) is 24.1 Å². The van der Waals surface area contributed by atoms with Gasteiger partial charge in [-0.05, 0) is 52.0 Å². The van der Waals surface area contributed by atoms with Crippen LogP contribution < -0.4 is 0 Å². The summed E-state index contributed by atoms with van der Waals surface area (Å²) in [4.78, 5) is 42.1. The molecule has 0 spiro atoms. The Morgan fingerprint density at radius 2 is 1.82 bits per heavy atom. The number of hydrogen-bond acceptors (Lipinski definition) is 6. The van der Waals surface area contributed by atoms with E-state index in [-0.39, 0.29) is 24.1 Å². The van der Waals surface area contributed by atoms with E-state index in [2.05, 4.69) is 0 Å². The fourth-order valence-electron chi connectivity index (χ4n) is 5.27. The number of hydrogen-bond donors (Lipinski definition) is 0. The van der Waals surface area contributed by atoms with E-state index in [1.807, 2.05) is 58.0 Å². The van der Waals surface area contributed by atoms with Crippen LogP contribution in [0, 0.1) is 11.8 Å². The molecule has 2 aliphatic heterocycles. The van der Waals surface area contributed by atoms with Gasteiger partial charge in [-0.2, -0.15) is 0 Å². The number of likely N-dealkylation sites (tertiary alicyclic amines) is 1. The summed E-state index contributed by atoms with van der Waals surface area (Å²) < 4.78 is 17.0. The van der Waals surface area contributed by atoms with Gasteiger partial charge >= 0.3 is 12.2 Å². The second kappa shape index (κ2) is 8.63. The van der Waals surface area contributed by atoms with Gasteiger partial charge in [0, 0.05) is 13.2 Å². The van der Waals surface area contributed by atoms with Gasteiger partial charge in [0.25, 0.3) is 0 Å². The predicted molar refractivity (Wildman–Crippen MR) is 120 cm³/mol. The molecule has 2 saturated heterocycles. The van der Waals surface area contributed by atoms with Crippen molar-refractivity contribution in [3.05, 3.63) is 35.9 Å². The van der Waals surface area contributed by atoms with Gasteiger partial charge < -0.3 is 14.2 Å². The van der Waals surface area contributed by atoms with Crippen molar-refractivity contribution in [2.45, 2.75) is 83.4 Å². The molecule has 180 valence electrons. The summed E-state index contributed by atoms with van der Waals surface area (Å²) in [6.07, 6.45) is -0.407. The molecule has 0 aromatic heterocycles. The predicted octanol–water partition coefficient (Wildman–Crippen LogP) is 4.14. The molecule has 1 aliphatic carbocycles. The van der Waals surface area contributed by atoms with Crippen LogP contribution in [-0.2, 0) is 19.0 Å². The van der Waals surface area contributed by atoms with Gasteiger partial charge in [-0.1, -0.05) is 37.3 Å². The van der Waals surface area contributed by atoms with E-state index in [4.69, 9.17) is 14.2 Å². The standard InChI is InChI=1S/C25H34N2O6/c1-14(22(28)26-15(2)21(32-23(26)29)16-10-8-7-9-11-16)20(31-6)19-13-17-12-18(17)27(19)24(30)33-25(3,4)5/h7-11,14-15,17-21H,12-13H2,1-6H3/t14-,15-,17+,18+,19+,20-,21-/m1/s1. The largest absolute Gasteiger partial charge is 0.444 e. The Bertz CT molecular complexity index is 913. The summed E-state index contributed by atoms with van der Waals surface area (Å²) in [5, 5.41) is 0. The molecule has 0 unspecified atom stereocenters. The molecular formula is C25H34N2O6. The number of carbonyl (C=O) groups is 3. The highest BCUT2D eigenvalue weighted by Gasteiger charge is 2.58. The zero-order valence-electron chi connectivity index (χ0n) is 20.2. The molecule has 0 bridgehead atoms. The topological polar surface area (TPSA) is 85.4 Å². The van der Waals surface area contributed by atoms with Crippen molar-refractivity contribution in [1.82, 2.24) is 9.80 Å². The molecule has 1 aromatic carbocycles. The number of cyclic esters (lactones) is 1. The molecule has 8 nitrogen and oxygen atoms in total. The van der Waals surface area contributed by atoms with E-state index >= 15 is 0 Å². The molecule has 0 radical (unpaired) electrons. The first-order valence-electron chi connectivity index (χ1n) is 11.7. The number of nitrogens with zero attached hydrogens (tertiary/aromatic N) is 2. The molecule has 1 saturated carbocycles. The Kier molecular flexibility index (Phi) is 6.16. The first-order chi connectivity index (χ1) is 15.5. The van der Waals surface area contributed by atoms with Crippen LogP contribution in [0.2, 0.25) is 0 Å². The van der Waals surface area contributed by atoms with Crippen molar-refractivity contribution in [3.8, 4) is 0 Å². The minimum atomic E-state index is -0.652. The summed E-state index contributed by atoms with van der Waals surface area (Å²) in [5.41, 5.74) is 0.233. The SMILES string of the molecule is CO[C@H]([C@@H](C)C(=O)N1C(=O)O[C@@H](c2ccccc2)[C@H]1C)[C@@H]1C[C@@H]2C[C@@H]2N1C(=O)OC(C)(C)C. The maximum Gasteiger partial charge on any atom is 0.417 e. The number of piperidine rings is 1. The average Bonchev–Trinajstić information content (AvgIpc) is 3.30. The van der Waals surface area contributed by atoms with Crippen LogP contribution in [0.5, 0.6) is 0 Å². The van der Waals surface area contributed by atoms with Crippen molar-refractivity contribution in [2.75, 3.05) is 7.11 Å². The van der Waals surface area contributed by atoms with Crippen LogP contribution in [0.1, 0.15) is 59.1 Å². The van der Waals surface area contributed by atoms with Gasteiger partial charge in [0.15, 0.2) is 0 Å². The summed E-state index contributed by atoms with van der Waals surface area (Å²) in [5.74, 6) is -0.602. The smallest absolute Gasteiger partial charge is 0.417 e. The molecule has 4 rings (SSSR count). The lowest BCUT2D eigenvalue weighted by Crippen LogP contribution is -2.53. The van der Waals surface area contributed by atoms with E-state index in [9.17, 15) is 14.4 Å². The Labute approximate surface area is 195 Å². The molecule has 1 aromatic rings. The molecular weight excluding hydrogens is 424 g/mol. The van der Waals surface area contributed by atoms with Crippen molar-refractivity contribution >= 4 is 18.1 Å². The molecule has 3 fully saturated rings. The Morgan fingerprint density at radius 1 is 1.15 bits per heavy atom. The molecule has 3 amide bonds. The summed E-state index contributed by atoms with van der Waals surface area (Å²) in [6, 6.07) is 8.80. The van der Waals surface area contributed by atoms with Crippen LogP contribution in [0.25, 0.3) is 0 Å². The number of rotatable bonds is 5.